The number of fused-ring (bicyclic) bond motifs is 3. The summed E-state index contributed by atoms with van der Waals surface area (Å²) >= 11 is 0. The molecule has 0 aromatic carbocycles. The van der Waals surface area contributed by atoms with Gasteiger partial charge in [0.05, 0.1) is 24.1 Å². The van der Waals surface area contributed by atoms with Gasteiger partial charge in [-0.25, -0.2) is 9.50 Å². The number of morpholine rings is 1. The fraction of sp³-hybridized carbons (Fsp3) is 0.647. The molecule has 4 saturated heterocycles. The number of nitrogens with zero attached hydrogens (tertiary/aromatic N) is 4. The van der Waals surface area contributed by atoms with Crippen molar-refractivity contribution in [3.05, 3.63) is 23.5 Å². The van der Waals surface area contributed by atoms with Gasteiger partial charge in [-0.1, -0.05) is 0 Å². The second-order valence-electron chi connectivity index (χ2n) is 7.23. The quantitative estimate of drug-likeness (QED) is 0.886. The zero-order valence-electron chi connectivity index (χ0n) is 13.8. The van der Waals surface area contributed by atoms with E-state index in [1.807, 2.05) is 19.2 Å². The number of aliphatic hydroxyl groups is 1. The Morgan fingerprint density at radius 1 is 1.25 bits per heavy atom. The van der Waals surface area contributed by atoms with Crippen molar-refractivity contribution in [1.29, 1.82) is 0 Å². The normalized spacial score (nSPS) is 28.8. The summed E-state index contributed by atoms with van der Waals surface area (Å²) in [4.78, 5) is 7.11. The lowest BCUT2D eigenvalue weighted by atomic mass is 9.90. The third-order valence-corrected chi connectivity index (χ3v) is 5.51. The van der Waals surface area contributed by atoms with Crippen LogP contribution < -0.4 is 4.90 Å². The predicted octanol–water partition coefficient (Wildman–Crippen LogP) is 1.01. The van der Waals surface area contributed by atoms with Gasteiger partial charge in [0, 0.05) is 57.2 Å². The molecule has 6 heterocycles. The summed E-state index contributed by atoms with van der Waals surface area (Å²) in [5.41, 5.74) is 1.75. The summed E-state index contributed by atoms with van der Waals surface area (Å²) in [6, 6.07) is 2.01. The maximum Gasteiger partial charge on any atom is 0.160 e. The number of rotatable bonds is 2. The Bertz CT molecular complexity index is 767. The fourth-order valence-corrected chi connectivity index (χ4v) is 4.06. The van der Waals surface area contributed by atoms with Crippen LogP contribution in [0, 0.1) is 6.92 Å². The van der Waals surface area contributed by atoms with Crippen LogP contribution in [0.4, 0.5) is 5.82 Å². The SMILES string of the molecule is Cc1cnn2c(C3(O)CCOCC3)cc(N3CC4CC(C3)O4)nc12. The first-order valence-electron chi connectivity index (χ1n) is 8.69. The maximum atomic E-state index is 11.2. The third-order valence-electron chi connectivity index (χ3n) is 5.51. The van der Waals surface area contributed by atoms with Gasteiger partial charge in [-0.3, -0.25) is 0 Å². The molecule has 0 spiro atoms. The van der Waals surface area contributed by atoms with Crippen molar-refractivity contribution in [3.63, 3.8) is 0 Å². The molecular formula is C17H22N4O3. The Kier molecular flexibility index (Phi) is 3.14. The molecule has 2 aromatic heterocycles. The van der Waals surface area contributed by atoms with Crippen LogP contribution in [0.3, 0.4) is 0 Å². The molecule has 0 aliphatic carbocycles. The maximum absolute atomic E-state index is 11.2. The van der Waals surface area contributed by atoms with Gasteiger partial charge in [0.15, 0.2) is 5.65 Å². The highest BCUT2D eigenvalue weighted by molar-refractivity contribution is 5.55. The van der Waals surface area contributed by atoms with Crippen molar-refractivity contribution in [2.24, 2.45) is 0 Å². The summed E-state index contributed by atoms with van der Waals surface area (Å²) in [5.74, 6) is 0.916. The van der Waals surface area contributed by atoms with Gasteiger partial charge in [-0.05, 0) is 6.92 Å². The Morgan fingerprint density at radius 2 is 1.96 bits per heavy atom. The number of hydrogen-bond acceptors (Lipinski definition) is 6. The highest BCUT2D eigenvalue weighted by atomic mass is 16.5. The van der Waals surface area contributed by atoms with Crippen molar-refractivity contribution in [1.82, 2.24) is 14.6 Å². The zero-order chi connectivity index (χ0) is 16.3. The average molecular weight is 330 g/mol. The van der Waals surface area contributed by atoms with Gasteiger partial charge in [0.1, 0.15) is 11.4 Å². The summed E-state index contributed by atoms with van der Waals surface area (Å²) in [5, 5.41) is 15.7. The highest BCUT2D eigenvalue weighted by Crippen LogP contribution is 2.36. The van der Waals surface area contributed by atoms with Gasteiger partial charge in [0.25, 0.3) is 0 Å². The van der Waals surface area contributed by atoms with Crippen molar-refractivity contribution >= 4 is 11.5 Å². The van der Waals surface area contributed by atoms with Gasteiger partial charge in [-0.15, -0.1) is 0 Å². The summed E-state index contributed by atoms with van der Waals surface area (Å²) < 4.78 is 13.0. The van der Waals surface area contributed by atoms with E-state index in [9.17, 15) is 5.11 Å². The van der Waals surface area contributed by atoms with Crippen molar-refractivity contribution in [2.45, 2.75) is 44.0 Å². The Morgan fingerprint density at radius 3 is 2.67 bits per heavy atom. The molecule has 4 fully saturated rings. The van der Waals surface area contributed by atoms with E-state index < -0.39 is 5.60 Å². The lowest BCUT2D eigenvalue weighted by molar-refractivity contribution is -0.133. The molecule has 4 aliphatic heterocycles. The molecule has 7 nitrogen and oxygen atoms in total. The van der Waals surface area contributed by atoms with Crippen LogP contribution in [-0.4, -0.2) is 58.2 Å². The van der Waals surface area contributed by atoms with E-state index in [1.54, 1.807) is 4.52 Å². The summed E-state index contributed by atoms with van der Waals surface area (Å²) in [6.07, 6.45) is 4.77. The highest BCUT2D eigenvalue weighted by Gasteiger charge is 2.40. The molecule has 128 valence electrons. The van der Waals surface area contributed by atoms with Crippen LogP contribution in [0.1, 0.15) is 30.5 Å². The molecule has 24 heavy (non-hydrogen) atoms. The monoisotopic (exact) mass is 330 g/mol. The molecular weight excluding hydrogens is 308 g/mol. The minimum absolute atomic E-state index is 0.322. The van der Waals surface area contributed by atoms with E-state index in [4.69, 9.17) is 14.5 Å². The van der Waals surface area contributed by atoms with Crippen LogP contribution >= 0.6 is 0 Å². The molecule has 0 amide bonds. The Hall–Kier alpha value is -1.70. The lowest BCUT2D eigenvalue weighted by Crippen LogP contribution is -2.57. The number of aryl methyl sites for hydroxylation is 1. The minimum Gasteiger partial charge on any atom is -0.383 e. The topological polar surface area (TPSA) is 72.1 Å². The van der Waals surface area contributed by atoms with Crippen molar-refractivity contribution in [3.8, 4) is 0 Å². The van der Waals surface area contributed by atoms with E-state index in [0.29, 0.717) is 38.3 Å². The van der Waals surface area contributed by atoms with Crippen LogP contribution in [0.5, 0.6) is 0 Å². The molecule has 2 bridgehead atoms. The molecule has 0 radical (unpaired) electrons. The second kappa shape index (κ2) is 5.15. The molecule has 2 aromatic rings. The van der Waals surface area contributed by atoms with Crippen LogP contribution in [0.25, 0.3) is 5.65 Å². The number of ether oxygens (including phenoxy) is 2. The Labute approximate surface area is 140 Å². The number of aromatic nitrogens is 3. The molecule has 4 aliphatic rings. The fourth-order valence-electron chi connectivity index (χ4n) is 4.06. The number of anilines is 1. The summed E-state index contributed by atoms with van der Waals surface area (Å²) in [7, 11) is 0. The van der Waals surface area contributed by atoms with Gasteiger partial charge >= 0.3 is 0 Å². The van der Waals surface area contributed by atoms with E-state index >= 15 is 0 Å². The second-order valence-corrected chi connectivity index (χ2v) is 7.23. The average Bonchev–Trinajstić information content (AvgIpc) is 2.95. The van der Waals surface area contributed by atoms with Gasteiger partial charge < -0.3 is 19.5 Å². The molecule has 2 atom stereocenters. The first-order valence-corrected chi connectivity index (χ1v) is 8.69. The minimum atomic E-state index is -0.915. The standard InChI is InChI=1S/C17H22N4O3/c1-11-8-18-21-14(17(22)2-4-23-5-3-17)7-15(19-16(11)21)20-9-12-6-13(10-20)24-12/h7-8,12-13,22H,2-6,9-10H2,1H3. The molecule has 7 heteroatoms. The van der Waals surface area contributed by atoms with Crippen molar-refractivity contribution in [2.75, 3.05) is 31.2 Å². The van der Waals surface area contributed by atoms with Crippen LogP contribution in [0.15, 0.2) is 12.3 Å². The van der Waals surface area contributed by atoms with Gasteiger partial charge in [0.2, 0.25) is 0 Å². The van der Waals surface area contributed by atoms with Crippen molar-refractivity contribution < 1.29 is 14.6 Å². The van der Waals surface area contributed by atoms with E-state index in [1.165, 1.54) is 0 Å². The lowest BCUT2D eigenvalue weighted by Gasteiger charge is -2.47. The van der Waals surface area contributed by atoms with E-state index in [0.717, 1.165) is 42.2 Å². The molecule has 1 N–H and O–H groups in total. The molecule has 2 unspecified atom stereocenters. The van der Waals surface area contributed by atoms with E-state index in [2.05, 4.69) is 10.00 Å². The first-order chi connectivity index (χ1) is 11.6. The predicted molar refractivity (Wildman–Crippen MR) is 87.2 cm³/mol. The Balaban J connectivity index is 1.62. The zero-order valence-corrected chi connectivity index (χ0v) is 13.8. The van der Waals surface area contributed by atoms with E-state index in [-0.39, 0.29) is 0 Å². The molecule has 6 rings (SSSR count). The van der Waals surface area contributed by atoms with Gasteiger partial charge in [-0.2, -0.15) is 5.10 Å². The third kappa shape index (κ3) is 2.15. The largest absolute Gasteiger partial charge is 0.383 e. The number of piperidine rings is 1. The smallest absolute Gasteiger partial charge is 0.160 e. The van der Waals surface area contributed by atoms with Crippen LogP contribution in [0.2, 0.25) is 0 Å². The van der Waals surface area contributed by atoms with Crippen LogP contribution in [-0.2, 0) is 15.1 Å². The first kappa shape index (κ1) is 14.6. The summed E-state index contributed by atoms with van der Waals surface area (Å²) in [6.45, 7) is 4.88. The molecule has 0 saturated carbocycles. The number of hydrogen-bond donors (Lipinski definition) is 1.